The van der Waals surface area contributed by atoms with Crippen molar-refractivity contribution in [1.82, 2.24) is 10.2 Å². The van der Waals surface area contributed by atoms with Gasteiger partial charge in [-0.05, 0) is 30.5 Å². The zero-order chi connectivity index (χ0) is 12.6. The Bertz CT molecular complexity index is 555. The molecule has 1 fully saturated rings. The molecule has 0 bridgehead atoms. The van der Waals surface area contributed by atoms with Crippen molar-refractivity contribution < 1.29 is 0 Å². The van der Waals surface area contributed by atoms with Crippen molar-refractivity contribution in [1.29, 1.82) is 0 Å². The molecule has 1 aliphatic carbocycles. The predicted molar refractivity (Wildman–Crippen MR) is 74.9 cm³/mol. The van der Waals surface area contributed by atoms with Gasteiger partial charge in [-0.25, -0.2) is 0 Å². The normalized spacial score (nSPS) is 19.2. The molecule has 3 rings (SSSR count). The van der Waals surface area contributed by atoms with Gasteiger partial charge in [0.1, 0.15) is 5.15 Å². The summed E-state index contributed by atoms with van der Waals surface area (Å²) in [5.74, 6) is 0. The minimum Gasteiger partial charge on any atom is -0.330 e. The fraction of sp³-hybridized carbons (Fsp3) is 0.500. The summed E-state index contributed by atoms with van der Waals surface area (Å²) in [4.78, 5) is 0. The van der Waals surface area contributed by atoms with E-state index in [1.54, 1.807) is 0 Å². The fourth-order valence-corrected chi connectivity index (χ4v) is 3.34. The molecule has 1 aliphatic rings. The molecule has 0 unspecified atom stereocenters. The van der Waals surface area contributed by atoms with E-state index in [0.29, 0.717) is 11.7 Å². The lowest BCUT2D eigenvalue weighted by molar-refractivity contribution is 0.301. The molecule has 3 nitrogen and oxygen atoms in total. The Balaban J connectivity index is 2.08. The maximum absolute atomic E-state index is 6.12. The van der Waals surface area contributed by atoms with E-state index < -0.39 is 0 Å². The smallest absolute Gasteiger partial charge is 0.132 e. The summed E-state index contributed by atoms with van der Waals surface area (Å²) in [6.07, 6.45) is 6.24. The summed E-state index contributed by atoms with van der Waals surface area (Å²) in [5.41, 5.74) is 8.46. The summed E-state index contributed by atoms with van der Waals surface area (Å²) in [5, 5.41) is 8.61. The highest BCUT2D eigenvalue weighted by atomic mass is 35.5. The first-order chi connectivity index (χ1) is 8.75. The van der Waals surface area contributed by atoms with E-state index in [1.165, 1.54) is 37.7 Å². The van der Waals surface area contributed by atoms with Crippen LogP contribution in [-0.2, 0) is 5.41 Å². The van der Waals surface area contributed by atoms with Crippen LogP contribution in [0.15, 0.2) is 18.2 Å². The second-order valence-electron chi connectivity index (χ2n) is 5.31. The number of nitrogens with two attached hydrogens (primary N) is 1. The number of nitrogens with zero attached hydrogens (tertiary/aromatic N) is 1. The topological polar surface area (TPSA) is 54.7 Å². The second-order valence-corrected chi connectivity index (χ2v) is 5.69. The zero-order valence-corrected chi connectivity index (χ0v) is 11.1. The van der Waals surface area contributed by atoms with Gasteiger partial charge >= 0.3 is 0 Å². The zero-order valence-electron chi connectivity index (χ0n) is 10.4. The van der Waals surface area contributed by atoms with Gasteiger partial charge in [0.2, 0.25) is 0 Å². The van der Waals surface area contributed by atoms with Crippen LogP contribution in [0.25, 0.3) is 10.9 Å². The van der Waals surface area contributed by atoms with Crippen molar-refractivity contribution in [2.24, 2.45) is 5.73 Å². The summed E-state index contributed by atoms with van der Waals surface area (Å²) in [6, 6.07) is 6.37. The fourth-order valence-electron chi connectivity index (χ4n) is 3.15. The Morgan fingerprint density at radius 1 is 1.28 bits per heavy atom. The minimum atomic E-state index is 0.146. The molecule has 1 heterocycles. The van der Waals surface area contributed by atoms with Crippen LogP contribution in [0.5, 0.6) is 0 Å². The van der Waals surface area contributed by atoms with Crippen molar-refractivity contribution in [3.05, 3.63) is 28.9 Å². The maximum Gasteiger partial charge on any atom is 0.132 e. The third-order valence-electron chi connectivity index (χ3n) is 4.32. The average Bonchev–Trinajstić information content (AvgIpc) is 2.81. The summed E-state index contributed by atoms with van der Waals surface area (Å²) in [7, 11) is 0. The number of benzene rings is 1. The van der Waals surface area contributed by atoms with Gasteiger partial charge in [0.25, 0.3) is 0 Å². The van der Waals surface area contributed by atoms with E-state index in [0.717, 1.165) is 10.9 Å². The average molecular weight is 264 g/mol. The molecular weight excluding hydrogens is 246 g/mol. The SMILES string of the molecule is NCC1(c2ccc3n[nH]c(Cl)c3c2)CCCCC1. The van der Waals surface area contributed by atoms with Gasteiger partial charge in [-0.3, -0.25) is 5.10 Å². The number of H-pyrrole nitrogens is 1. The number of fused-ring (bicyclic) bond motifs is 1. The van der Waals surface area contributed by atoms with Crippen molar-refractivity contribution in [2.75, 3.05) is 6.54 Å². The van der Waals surface area contributed by atoms with Crippen LogP contribution in [0, 0.1) is 0 Å². The third-order valence-corrected chi connectivity index (χ3v) is 4.61. The molecule has 18 heavy (non-hydrogen) atoms. The number of nitrogens with one attached hydrogen (secondary N) is 1. The molecule has 3 N–H and O–H groups in total. The number of halogens is 1. The molecule has 96 valence electrons. The van der Waals surface area contributed by atoms with E-state index in [9.17, 15) is 0 Å². The van der Waals surface area contributed by atoms with E-state index in [4.69, 9.17) is 17.3 Å². The quantitative estimate of drug-likeness (QED) is 0.873. The molecule has 0 atom stereocenters. The monoisotopic (exact) mass is 263 g/mol. The van der Waals surface area contributed by atoms with Gasteiger partial charge in [-0.15, -0.1) is 0 Å². The van der Waals surface area contributed by atoms with Crippen LogP contribution in [0.4, 0.5) is 0 Å². The van der Waals surface area contributed by atoms with Crippen molar-refractivity contribution >= 4 is 22.5 Å². The van der Waals surface area contributed by atoms with E-state index in [1.807, 2.05) is 6.07 Å². The molecule has 0 amide bonds. The molecule has 0 aliphatic heterocycles. The van der Waals surface area contributed by atoms with Gasteiger partial charge in [0, 0.05) is 17.3 Å². The molecule has 1 saturated carbocycles. The molecule has 2 aromatic rings. The lowest BCUT2D eigenvalue weighted by Crippen LogP contribution is -2.37. The Labute approximate surface area is 112 Å². The van der Waals surface area contributed by atoms with E-state index in [-0.39, 0.29) is 5.41 Å². The van der Waals surface area contributed by atoms with Crippen molar-refractivity contribution in [2.45, 2.75) is 37.5 Å². The number of hydrogen-bond donors (Lipinski definition) is 2. The van der Waals surface area contributed by atoms with Gasteiger partial charge in [0.15, 0.2) is 0 Å². The van der Waals surface area contributed by atoms with E-state index in [2.05, 4.69) is 22.3 Å². The van der Waals surface area contributed by atoms with E-state index >= 15 is 0 Å². The van der Waals surface area contributed by atoms with Crippen molar-refractivity contribution in [3.63, 3.8) is 0 Å². The van der Waals surface area contributed by atoms with Crippen LogP contribution >= 0.6 is 11.6 Å². The first kappa shape index (κ1) is 12.0. The minimum absolute atomic E-state index is 0.146. The Morgan fingerprint density at radius 2 is 2.06 bits per heavy atom. The first-order valence-electron chi connectivity index (χ1n) is 6.59. The highest BCUT2D eigenvalue weighted by molar-refractivity contribution is 6.34. The maximum atomic E-state index is 6.12. The lowest BCUT2D eigenvalue weighted by Gasteiger charge is -2.36. The van der Waals surface area contributed by atoms with Crippen molar-refractivity contribution in [3.8, 4) is 0 Å². The Hall–Kier alpha value is -1.06. The van der Waals surface area contributed by atoms with Crippen LogP contribution in [0.2, 0.25) is 5.15 Å². The summed E-state index contributed by atoms with van der Waals surface area (Å²) < 4.78 is 0. The molecule has 1 aromatic heterocycles. The molecular formula is C14H18ClN3. The van der Waals surface area contributed by atoms with Crippen LogP contribution in [0.3, 0.4) is 0 Å². The third kappa shape index (κ3) is 1.82. The lowest BCUT2D eigenvalue weighted by atomic mass is 9.69. The van der Waals surface area contributed by atoms with Crippen LogP contribution < -0.4 is 5.73 Å². The molecule has 0 saturated heterocycles. The first-order valence-corrected chi connectivity index (χ1v) is 6.97. The molecule has 1 aromatic carbocycles. The summed E-state index contributed by atoms with van der Waals surface area (Å²) >= 11 is 6.12. The van der Waals surface area contributed by atoms with Crippen LogP contribution in [0.1, 0.15) is 37.7 Å². The predicted octanol–water partition coefficient (Wildman–Crippen LogP) is 3.38. The number of aromatic amines is 1. The van der Waals surface area contributed by atoms with Gasteiger partial charge < -0.3 is 5.73 Å². The highest BCUT2D eigenvalue weighted by Crippen LogP contribution is 2.39. The van der Waals surface area contributed by atoms with Gasteiger partial charge in [0.05, 0.1) is 5.52 Å². The molecule has 0 radical (unpaired) electrons. The number of aromatic nitrogens is 2. The van der Waals surface area contributed by atoms with Crippen LogP contribution in [-0.4, -0.2) is 16.7 Å². The molecule has 0 spiro atoms. The largest absolute Gasteiger partial charge is 0.330 e. The number of hydrogen-bond acceptors (Lipinski definition) is 2. The summed E-state index contributed by atoms with van der Waals surface area (Å²) in [6.45, 7) is 0.716. The molecule has 4 heteroatoms. The second kappa shape index (κ2) is 4.56. The Morgan fingerprint density at radius 3 is 2.78 bits per heavy atom. The van der Waals surface area contributed by atoms with Gasteiger partial charge in [-0.2, -0.15) is 5.10 Å². The standard InChI is InChI=1S/C14H18ClN3/c15-13-11-8-10(4-5-12(11)17-18-13)14(9-16)6-2-1-3-7-14/h4-5,8H,1-3,6-7,9,16H2,(H,17,18). The Kier molecular flexibility index (Phi) is 3.04. The van der Waals surface area contributed by atoms with Gasteiger partial charge in [-0.1, -0.05) is 36.9 Å². The number of rotatable bonds is 2. The highest BCUT2D eigenvalue weighted by Gasteiger charge is 2.32.